The molecule has 0 atom stereocenters. The third kappa shape index (κ3) is 3.76. The van der Waals surface area contributed by atoms with Crippen LogP contribution in [0.3, 0.4) is 0 Å². The number of hydrogen-bond acceptors (Lipinski definition) is 3. The Bertz CT molecular complexity index is 1010. The lowest BCUT2D eigenvalue weighted by atomic mass is 9.77. The third-order valence-corrected chi connectivity index (χ3v) is 7.48. The van der Waals surface area contributed by atoms with Gasteiger partial charge in [0.1, 0.15) is 5.82 Å². The normalized spacial score (nSPS) is 20.4. The van der Waals surface area contributed by atoms with Gasteiger partial charge >= 0.3 is 0 Å². The highest BCUT2D eigenvalue weighted by Gasteiger charge is 2.46. The molecule has 2 heterocycles. The van der Waals surface area contributed by atoms with E-state index in [0.29, 0.717) is 44.8 Å². The number of nitrogens with zero attached hydrogens (tertiary/aromatic N) is 3. The molecule has 0 spiro atoms. The Morgan fingerprint density at radius 2 is 1.59 bits per heavy atom. The summed E-state index contributed by atoms with van der Waals surface area (Å²) in [6, 6.07) is 14.6. The topological polar surface area (TPSA) is 43.9 Å². The molecular formula is C26H30FN3O2. The smallest absolute Gasteiger partial charge is 0.254 e. The molecule has 0 unspecified atom stereocenters. The maximum Gasteiger partial charge on any atom is 0.254 e. The molecule has 5 nitrogen and oxygen atoms in total. The molecule has 2 aromatic carbocycles. The summed E-state index contributed by atoms with van der Waals surface area (Å²) in [6.07, 6.45) is 5.41. The Morgan fingerprint density at radius 3 is 2.31 bits per heavy atom. The third-order valence-electron chi connectivity index (χ3n) is 7.48. The first-order chi connectivity index (χ1) is 15.6. The number of anilines is 1. The van der Waals surface area contributed by atoms with Crippen molar-refractivity contribution < 1.29 is 14.0 Å². The minimum atomic E-state index is -0.395. The second kappa shape index (κ2) is 8.57. The van der Waals surface area contributed by atoms with Crippen molar-refractivity contribution in [2.75, 3.05) is 31.1 Å². The SMILES string of the molecule is O=C(CC1(N2Cc3ccccc3C2=O)CCCCC1)N1CCN(c2ccccc2F)CC1. The number of piperazine rings is 1. The van der Waals surface area contributed by atoms with Gasteiger partial charge in [0.15, 0.2) is 0 Å². The molecule has 32 heavy (non-hydrogen) atoms. The first-order valence-corrected chi connectivity index (χ1v) is 11.7. The average Bonchev–Trinajstić information content (AvgIpc) is 3.17. The number of benzene rings is 2. The quantitative estimate of drug-likeness (QED) is 0.722. The number of carbonyl (C=O) groups excluding carboxylic acids is 2. The molecule has 2 fully saturated rings. The van der Waals surface area contributed by atoms with E-state index in [1.54, 1.807) is 12.1 Å². The van der Waals surface area contributed by atoms with Crippen LogP contribution >= 0.6 is 0 Å². The molecule has 6 heteroatoms. The molecule has 5 rings (SSSR count). The van der Waals surface area contributed by atoms with E-state index >= 15 is 0 Å². The van der Waals surface area contributed by atoms with Crippen molar-refractivity contribution in [1.29, 1.82) is 0 Å². The number of amides is 2. The van der Waals surface area contributed by atoms with Crippen LogP contribution in [0, 0.1) is 5.82 Å². The molecule has 2 aliphatic heterocycles. The maximum atomic E-state index is 14.2. The standard InChI is InChI=1S/C26H30FN3O2/c27-22-10-4-5-11-23(22)28-14-16-29(17-15-28)24(31)18-26(12-6-1-7-13-26)30-19-20-8-2-3-9-21(20)25(30)32/h2-5,8-11H,1,6-7,12-19H2. The lowest BCUT2D eigenvalue weighted by Crippen LogP contribution is -2.55. The Labute approximate surface area is 188 Å². The lowest BCUT2D eigenvalue weighted by Gasteiger charge is -2.46. The number of carbonyl (C=O) groups is 2. The Kier molecular flexibility index (Phi) is 5.62. The van der Waals surface area contributed by atoms with Gasteiger partial charge in [0.25, 0.3) is 5.91 Å². The zero-order valence-electron chi connectivity index (χ0n) is 18.4. The van der Waals surface area contributed by atoms with Crippen LogP contribution in [0.15, 0.2) is 48.5 Å². The second-order valence-corrected chi connectivity index (χ2v) is 9.33. The van der Waals surface area contributed by atoms with E-state index in [0.717, 1.165) is 43.2 Å². The van der Waals surface area contributed by atoms with Gasteiger partial charge in [-0.25, -0.2) is 4.39 Å². The fourth-order valence-corrected chi connectivity index (χ4v) is 5.69. The highest BCUT2D eigenvalue weighted by molar-refractivity contribution is 5.99. The van der Waals surface area contributed by atoms with Crippen molar-refractivity contribution in [3.63, 3.8) is 0 Å². The van der Waals surface area contributed by atoms with Crippen LogP contribution < -0.4 is 4.90 Å². The number of fused-ring (bicyclic) bond motifs is 1. The highest BCUT2D eigenvalue weighted by atomic mass is 19.1. The van der Waals surface area contributed by atoms with Gasteiger partial charge in [-0.05, 0) is 36.6 Å². The van der Waals surface area contributed by atoms with Crippen LogP contribution in [0.1, 0.15) is 54.4 Å². The molecule has 2 aromatic rings. The predicted molar refractivity (Wildman–Crippen MR) is 122 cm³/mol. The summed E-state index contributed by atoms with van der Waals surface area (Å²) < 4.78 is 14.2. The molecule has 0 aromatic heterocycles. The largest absolute Gasteiger partial charge is 0.366 e. The fraction of sp³-hybridized carbons (Fsp3) is 0.462. The van der Waals surface area contributed by atoms with Gasteiger partial charge in [-0.3, -0.25) is 9.59 Å². The van der Waals surface area contributed by atoms with Crippen LogP contribution in [0.5, 0.6) is 0 Å². The summed E-state index contributed by atoms with van der Waals surface area (Å²) in [6.45, 7) is 3.00. The van der Waals surface area contributed by atoms with Crippen LogP contribution in [0.4, 0.5) is 10.1 Å². The highest BCUT2D eigenvalue weighted by Crippen LogP contribution is 2.41. The Morgan fingerprint density at radius 1 is 0.906 bits per heavy atom. The Balaban J connectivity index is 1.29. The van der Waals surface area contributed by atoms with E-state index < -0.39 is 5.54 Å². The number of rotatable bonds is 4. The zero-order valence-corrected chi connectivity index (χ0v) is 18.4. The van der Waals surface area contributed by atoms with Crippen LogP contribution in [0.25, 0.3) is 0 Å². The fourth-order valence-electron chi connectivity index (χ4n) is 5.69. The summed E-state index contributed by atoms with van der Waals surface area (Å²) >= 11 is 0. The van der Waals surface area contributed by atoms with E-state index in [1.807, 2.05) is 45.0 Å². The van der Waals surface area contributed by atoms with Crippen LogP contribution in [0.2, 0.25) is 0 Å². The average molecular weight is 436 g/mol. The first kappa shape index (κ1) is 21.0. The Hall–Kier alpha value is -2.89. The molecule has 1 saturated heterocycles. The number of para-hydroxylation sites is 1. The van der Waals surface area contributed by atoms with Gasteiger partial charge in [0.2, 0.25) is 5.91 Å². The first-order valence-electron chi connectivity index (χ1n) is 11.7. The van der Waals surface area contributed by atoms with Crippen LogP contribution in [-0.2, 0) is 11.3 Å². The molecule has 2 amide bonds. The predicted octanol–water partition coefficient (Wildman–Crippen LogP) is 4.22. The van der Waals surface area contributed by atoms with Crippen molar-refractivity contribution in [2.24, 2.45) is 0 Å². The number of hydrogen-bond donors (Lipinski definition) is 0. The van der Waals surface area contributed by atoms with E-state index in [4.69, 9.17) is 0 Å². The van der Waals surface area contributed by atoms with Crippen LogP contribution in [-0.4, -0.2) is 53.3 Å². The monoisotopic (exact) mass is 435 g/mol. The van der Waals surface area contributed by atoms with Crippen molar-refractivity contribution in [3.8, 4) is 0 Å². The summed E-state index contributed by atoms with van der Waals surface area (Å²) in [7, 11) is 0. The van der Waals surface area contributed by atoms with Crippen molar-refractivity contribution in [3.05, 3.63) is 65.5 Å². The molecule has 1 aliphatic carbocycles. The van der Waals surface area contributed by atoms with Crippen molar-refractivity contribution in [2.45, 2.75) is 50.6 Å². The minimum absolute atomic E-state index is 0.0691. The van der Waals surface area contributed by atoms with Gasteiger partial charge in [-0.15, -0.1) is 0 Å². The van der Waals surface area contributed by atoms with Gasteiger partial charge < -0.3 is 14.7 Å². The molecule has 0 radical (unpaired) electrons. The van der Waals surface area contributed by atoms with Crippen molar-refractivity contribution in [1.82, 2.24) is 9.80 Å². The number of halogens is 1. The summed E-state index contributed by atoms with van der Waals surface area (Å²) in [5, 5.41) is 0. The van der Waals surface area contributed by atoms with Gasteiger partial charge in [0.05, 0.1) is 17.6 Å². The van der Waals surface area contributed by atoms with Gasteiger partial charge in [-0.2, -0.15) is 0 Å². The van der Waals surface area contributed by atoms with E-state index in [-0.39, 0.29) is 17.6 Å². The molecule has 168 valence electrons. The minimum Gasteiger partial charge on any atom is -0.366 e. The second-order valence-electron chi connectivity index (χ2n) is 9.33. The molecule has 0 N–H and O–H groups in total. The summed E-state index contributed by atoms with van der Waals surface area (Å²) in [5.74, 6) is -0.0379. The summed E-state index contributed by atoms with van der Waals surface area (Å²) in [4.78, 5) is 32.6. The van der Waals surface area contributed by atoms with Gasteiger partial charge in [0, 0.05) is 38.3 Å². The molecule has 0 bridgehead atoms. The maximum absolute atomic E-state index is 14.2. The van der Waals surface area contributed by atoms with Crippen molar-refractivity contribution >= 4 is 17.5 Å². The zero-order chi connectivity index (χ0) is 22.1. The van der Waals surface area contributed by atoms with Gasteiger partial charge in [-0.1, -0.05) is 49.6 Å². The lowest BCUT2D eigenvalue weighted by molar-refractivity contribution is -0.135. The van der Waals surface area contributed by atoms with E-state index in [9.17, 15) is 14.0 Å². The summed E-state index contributed by atoms with van der Waals surface area (Å²) in [5.41, 5.74) is 2.05. The van der Waals surface area contributed by atoms with E-state index in [1.165, 1.54) is 6.07 Å². The molecule has 3 aliphatic rings. The molecular weight excluding hydrogens is 405 g/mol. The molecule has 1 saturated carbocycles. The van der Waals surface area contributed by atoms with E-state index in [2.05, 4.69) is 0 Å².